The van der Waals surface area contributed by atoms with Crippen LogP contribution >= 0.6 is 0 Å². The molecule has 0 amide bonds. The molecule has 0 aliphatic rings. The SMILES string of the molecule is Cc1ccc(N)cc1Nc1c(F)ccc(C)c1F. The van der Waals surface area contributed by atoms with Crippen LogP contribution in [-0.2, 0) is 0 Å². The summed E-state index contributed by atoms with van der Waals surface area (Å²) in [5, 5.41) is 2.76. The first-order chi connectivity index (χ1) is 8.49. The van der Waals surface area contributed by atoms with Gasteiger partial charge in [-0.15, -0.1) is 0 Å². The van der Waals surface area contributed by atoms with Gasteiger partial charge in [0.05, 0.1) is 0 Å². The number of anilines is 3. The fraction of sp³-hybridized carbons (Fsp3) is 0.143. The highest BCUT2D eigenvalue weighted by Crippen LogP contribution is 2.28. The van der Waals surface area contributed by atoms with E-state index >= 15 is 0 Å². The van der Waals surface area contributed by atoms with Crippen LogP contribution in [0.15, 0.2) is 30.3 Å². The summed E-state index contributed by atoms with van der Waals surface area (Å²) < 4.78 is 27.5. The fourth-order valence-corrected chi connectivity index (χ4v) is 1.68. The lowest BCUT2D eigenvalue weighted by molar-refractivity contribution is 0.585. The smallest absolute Gasteiger partial charge is 0.152 e. The maximum absolute atomic E-state index is 13.8. The molecule has 2 nitrogen and oxygen atoms in total. The molecule has 0 bridgehead atoms. The average Bonchev–Trinajstić information content (AvgIpc) is 2.34. The highest BCUT2D eigenvalue weighted by Gasteiger charge is 2.12. The van der Waals surface area contributed by atoms with E-state index in [1.54, 1.807) is 25.1 Å². The van der Waals surface area contributed by atoms with E-state index in [-0.39, 0.29) is 5.69 Å². The molecule has 2 aromatic carbocycles. The molecule has 94 valence electrons. The summed E-state index contributed by atoms with van der Waals surface area (Å²) in [7, 11) is 0. The summed E-state index contributed by atoms with van der Waals surface area (Å²) in [6, 6.07) is 7.83. The third kappa shape index (κ3) is 2.27. The van der Waals surface area contributed by atoms with Crippen LogP contribution < -0.4 is 11.1 Å². The predicted octanol–water partition coefficient (Wildman–Crippen LogP) is 3.91. The topological polar surface area (TPSA) is 38.0 Å². The van der Waals surface area contributed by atoms with Gasteiger partial charge in [0.1, 0.15) is 11.5 Å². The van der Waals surface area contributed by atoms with Gasteiger partial charge < -0.3 is 11.1 Å². The number of nitrogen functional groups attached to an aromatic ring is 1. The second kappa shape index (κ2) is 4.64. The summed E-state index contributed by atoms with van der Waals surface area (Å²) in [5.74, 6) is -1.21. The van der Waals surface area contributed by atoms with Crippen LogP contribution in [0, 0.1) is 25.5 Å². The van der Waals surface area contributed by atoms with E-state index < -0.39 is 11.6 Å². The minimum Gasteiger partial charge on any atom is -0.399 e. The summed E-state index contributed by atoms with van der Waals surface area (Å²) >= 11 is 0. The molecule has 0 heterocycles. The van der Waals surface area contributed by atoms with Gasteiger partial charge in [0.25, 0.3) is 0 Å². The van der Waals surface area contributed by atoms with Crippen LogP contribution in [-0.4, -0.2) is 0 Å². The largest absolute Gasteiger partial charge is 0.399 e. The third-order valence-electron chi connectivity index (χ3n) is 2.81. The molecule has 0 saturated carbocycles. The molecule has 3 N–H and O–H groups in total. The van der Waals surface area contributed by atoms with Crippen molar-refractivity contribution in [2.75, 3.05) is 11.1 Å². The first-order valence-corrected chi connectivity index (χ1v) is 5.57. The zero-order valence-electron chi connectivity index (χ0n) is 10.2. The second-order valence-electron chi connectivity index (χ2n) is 4.25. The monoisotopic (exact) mass is 248 g/mol. The molecule has 0 aromatic heterocycles. The van der Waals surface area contributed by atoms with Gasteiger partial charge in [-0.1, -0.05) is 12.1 Å². The Morgan fingerprint density at radius 1 is 1.00 bits per heavy atom. The Morgan fingerprint density at radius 3 is 2.39 bits per heavy atom. The molecule has 4 heteroatoms. The van der Waals surface area contributed by atoms with Crippen LogP contribution in [0.1, 0.15) is 11.1 Å². The lowest BCUT2D eigenvalue weighted by Gasteiger charge is -2.13. The maximum atomic E-state index is 13.8. The zero-order valence-corrected chi connectivity index (χ0v) is 10.2. The summed E-state index contributed by atoms with van der Waals surface area (Å²) in [6.45, 7) is 3.43. The van der Waals surface area contributed by atoms with Crippen LogP contribution in [0.25, 0.3) is 0 Å². The van der Waals surface area contributed by atoms with Crippen LogP contribution in [0.3, 0.4) is 0 Å². The minimum absolute atomic E-state index is 0.149. The molecule has 2 rings (SSSR count). The van der Waals surface area contributed by atoms with Gasteiger partial charge in [0.2, 0.25) is 0 Å². The third-order valence-corrected chi connectivity index (χ3v) is 2.81. The van der Waals surface area contributed by atoms with Gasteiger partial charge in [-0.05, 0) is 43.2 Å². The Hall–Kier alpha value is -2.10. The summed E-state index contributed by atoms with van der Waals surface area (Å²) in [6.07, 6.45) is 0. The summed E-state index contributed by atoms with van der Waals surface area (Å²) in [5.41, 5.74) is 7.90. The maximum Gasteiger partial charge on any atom is 0.152 e. The van der Waals surface area contributed by atoms with E-state index in [2.05, 4.69) is 5.32 Å². The van der Waals surface area contributed by atoms with Gasteiger partial charge in [-0.2, -0.15) is 0 Å². The molecule has 0 radical (unpaired) electrons. The van der Waals surface area contributed by atoms with Crippen LogP contribution in [0.4, 0.5) is 25.8 Å². The Morgan fingerprint density at radius 2 is 1.67 bits per heavy atom. The Kier molecular flexibility index (Phi) is 3.19. The number of nitrogens with two attached hydrogens (primary N) is 1. The lowest BCUT2D eigenvalue weighted by Crippen LogP contribution is -2.01. The first kappa shape index (κ1) is 12.4. The van der Waals surface area contributed by atoms with Crippen molar-refractivity contribution in [1.82, 2.24) is 0 Å². The van der Waals surface area contributed by atoms with Gasteiger partial charge in [0, 0.05) is 11.4 Å². The average molecular weight is 248 g/mol. The number of halogens is 2. The molecule has 0 saturated heterocycles. The first-order valence-electron chi connectivity index (χ1n) is 5.57. The lowest BCUT2D eigenvalue weighted by atomic mass is 10.1. The fourth-order valence-electron chi connectivity index (χ4n) is 1.68. The van der Waals surface area contributed by atoms with E-state index in [4.69, 9.17) is 5.73 Å². The van der Waals surface area contributed by atoms with Crippen molar-refractivity contribution in [2.24, 2.45) is 0 Å². The van der Waals surface area contributed by atoms with E-state index in [1.807, 2.05) is 6.92 Å². The van der Waals surface area contributed by atoms with Gasteiger partial charge in [-0.25, -0.2) is 8.78 Å². The van der Waals surface area contributed by atoms with Crippen LogP contribution in [0.5, 0.6) is 0 Å². The van der Waals surface area contributed by atoms with E-state index in [0.29, 0.717) is 16.9 Å². The van der Waals surface area contributed by atoms with Crippen molar-refractivity contribution in [2.45, 2.75) is 13.8 Å². The van der Waals surface area contributed by atoms with Crippen molar-refractivity contribution in [3.63, 3.8) is 0 Å². The van der Waals surface area contributed by atoms with E-state index in [9.17, 15) is 8.78 Å². The normalized spacial score (nSPS) is 10.4. The Bertz CT molecular complexity index is 595. The number of benzene rings is 2. The Balaban J connectivity index is 2.46. The number of rotatable bonds is 2. The predicted molar refractivity (Wildman–Crippen MR) is 70.0 cm³/mol. The number of nitrogens with one attached hydrogen (secondary N) is 1. The molecule has 0 spiro atoms. The van der Waals surface area contributed by atoms with Crippen molar-refractivity contribution >= 4 is 17.1 Å². The standard InChI is InChI=1S/C14H14F2N2/c1-8-3-5-10(17)7-12(8)18-14-11(15)6-4-9(2)13(14)16/h3-7,18H,17H2,1-2H3. The molecule has 0 aliphatic carbocycles. The molecule has 0 aliphatic heterocycles. The van der Waals surface area contributed by atoms with Crippen molar-refractivity contribution < 1.29 is 8.78 Å². The number of hydrogen-bond donors (Lipinski definition) is 2. The van der Waals surface area contributed by atoms with Gasteiger partial charge in [0.15, 0.2) is 5.82 Å². The molecular weight excluding hydrogens is 234 g/mol. The molecule has 0 unspecified atom stereocenters. The number of aryl methyl sites for hydroxylation is 2. The van der Waals surface area contributed by atoms with Crippen molar-refractivity contribution in [3.05, 3.63) is 53.1 Å². The van der Waals surface area contributed by atoms with Crippen molar-refractivity contribution in [1.29, 1.82) is 0 Å². The quantitative estimate of drug-likeness (QED) is 0.791. The second-order valence-corrected chi connectivity index (χ2v) is 4.25. The molecule has 18 heavy (non-hydrogen) atoms. The van der Waals surface area contributed by atoms with Crippen LogP contribution in [0.2, 0.25) is 0 Å². The summed E-state index contributed by atoms with van der Waals surface area (Å²) in [4.78, 5) is 0. The van der Waals surface area contributed by atoms with Crippen molar-refractivity contribution in [3.8, 4) is 0 Å². The zero-order chi connectivity index (χ0) is 13.3. The van der Waals surface area contributed by atoms with Gasteiger partial charge >= 0.3 is 0 Å². The van der Waals surface area contributed by atoms with E-state index in [0.717, 1.165) is 5.56 Å². The number of hydrogen-bond acceptors (Lipinski definition) is 2. The van der Waals surface area contributed by atoms with Gasteiger partial charge in [-0.3, -0.25) is 0 Å². The highest BCUT2D eigenvalue weighted by atomic mass is 19.1. The molecular formula is C14H14F2N2. The molecule has 0 atom stereocenters. The Labute approximate surface area is 104 Å². The highest BCUT2D eigenvalue weighted by molar-refractivity contribution is 5.68. The molecule has 0 fully saturated rings. The molecule has 2 aromatic rings. The minimum atomic E-state index is -0.625. The van der Waals surface area contributed by atoms with E-state index in [1.165, 1.54) is 12.1 Å².